The molecular weight excluding hydrogens is 302 g/mol. The Labute approximate surface area is 145 Å². The third kappa shape index (κ3) is 6.79. The number of methoxy groups -OCH3 is 1. The van der Waals surface area contributed by atoms with Crippen LogP contribution in [0.2, 0.25) is 0 Å². The second-order valence-electron chi connectivity index (χ2n) is 6.22. The van der Waals surface area contributed by atoms with Gasteiger partial charge in [-0.05, 0) is 49.8 Å². The van der Waals surface area contributed by atoms with Crippen molar-refractivity contribution in [3.8, 4) is 5.75 Å². The Bertz CT molecular complexity index is 482. The van der Waals surface area contributed by atoms with Gasteiger partial charge in [0.1, 0.15) is 5.75 Å². The van der Waals surface area contributed by atoms with Gasteiger partial charge in [-0.2, -0.15) is 0 Å². The van der Waals surface area contributed by atoms with Crippen LogP contribution in [0.25, 0.3) is 0 Å². The van der Waals surface area contributed by atoms with E-state index in [1.54, 1.807) is 14.2 Å². The molecule has 0 unspecified atom stereocenters. The maximum atomic E-state index is 6.06. The zero-order chi connectivity index (χ0) is 17.0. The Hall–Kier alpha value is -1.75. The van der Waals surface area contributed by atoms with E-state index >= 15 is 0 Å². The molecule has 2 N–H and O–H groups in total. The Morgan fingerprint density at radius 1 is 1.12 bits per heavy atom. The zero-order valence-electron chi connectivity index (χ0n) is 15.0. The monoisotopic (exact) mass is 333 g/mol. The Balaban J connectivity index is 1.72. The van der Waals surface area contributed by atoms with Crippen LogP contribution in [-0.2, 0) is 11.3 Å². The molecule has 1 aliphatic carbocycles. The predicted molar refractivity (Wildman–Crippen MR) is 98.6 cm³/mol. The molecule has 5 nitrogen and oxygen atoms in total. The van der Waals surface area contributed by atoms with E-state index in [1.165, 1.54) is 37.7 Å². The first-order valence-corrected chi connectivity index (χ1v) is 9.01. The number of hydrogen-bond acceptors (Lipinski definition) is 3. The Kier molecular flexibility index (Phi) is 8.46. The van der Waals surface area contributed by atoms with Crippen molar-refractivity contribution in [1.29, 1.82) is 0 Å². The fourth-order valence-electron chi connectivity index (χ4n) is 2.89. The average molecular weight is 333 g/mol. The van der Waals surface area contributed by atoms with E-state index in [-0.39, 0.29) is 0 Å². The number of nitrogens with one attached hydrogen (secondary N) is 2. The van der Waals surface area contributed by atoms with Gasteiger partial charge < -0.3 is 20.1 Å². The summed E-state index contributed by atoms with van der Waals surface area (Å²) < 4.78 is 11.1. The smallest absolute Gasteiger partial charge is 0.191 e. The molecular formula is C19H31N3O2. The lowest BCUT2D eigenvalue weighted by atomic mass is 9.98. The van der Waals surface area contributed by atoms with Crippen molar-refractivity contribution < 1.29 is 9.47 Å². The SMILES string of the molecule is CN=C(NCCCOC)NCc1ccc(OC2CCCCC2)cc1. The van der Waals surface area contributed by atoms with Crippen molar-refractivity contribution >= 4 is 5.96 Å². The van der Waals surface area contributed by atoms with Crippen LogP contribution in [-0.4, -0.2) is 39.4 Å². The largest absolute Gasteiger partial charge is 0.490 e. The molecule has 24 heavy (non-hydrogen) atoms. The number of rotatable bonds is 8. The molecule has 0 aliphatic heterocycles. The van der Waals surface area contributed by atoms with Crippen molar-refractivity contribution in [3.05, 3.63) is 29.8 Å². The average Bonchev–Trinajstić information content (AvgIpc) is 2.63. The van der Waals surface area contributed by atoms with E-state index < -0.39 is 0 Å². The molecule has 1 saturated carbocycles. The number of ether oxygens (including phenoxy) is 2. The van der Waals surface area contributed by atoms with Crippen molar-refractivity contribution in [2.75, 3.05) is 27.3 Å². The topological polar surface area (TPSA) is 54.9 Å². The van der Waals surface area contributed by atoms with Crippen LogP contribution in [0.4, 0.5) is 0 Å². The van der Waals surface area contributed by atoms with Crippen LogP contribution < -0.4 is 15.4 Å². The van der Waals surface area contributed by atoms with Gasteiger partial charge in [0.25, 0.3) is 0 Å². The number of hydrogen-bond donors (Lipinski definition) is 2. The van der Waals surface area contributed by atoms with Crippen LogP contribution in [0.15, 0.2) is 29.3 Å². The summed E-state index contributed by atoms with van der Waals surface area (Å²) in [6, 6.07) is 8.37. The first-order chi connectivity index (χ1) is 11.8. The fourth-order valence-corrected chi connectivity index (χ4v) is 2.89. The van der Waals surface area contributed by atoms with Crippen molar-refractivity contribution in [2.24, 2.45) is 4.99 Å². The maximum Gasteiger partial charge on any atom is 0.191 e. The summed E-state index contributed by atoms with van der Waals surface area (Å²) >= 11 is 0. The van der Waals surface area contributed by atoms with E-state index in [4.69, 9.17) is 9.47 Å². The molecule has 0 bridgehead atoms. The lowest BCUT2D eigenvalue weighted by Gasteiger charge is -2.23. The lowest BCUT2D eigenvalue weighted by molar-refractivity contribution is 0.155. The summed E-state index contributed by atoms with van der Waals surface area (Å²) in [5.41, 5.74) is 1.21. The normalized spacial score (nSPS) is 16.0. The minimum absolute atomic E-state index is 0.401. The van der Waals surface area contributed by atoms with Crippen LogP contribution in [0, 0.1) is 0 Å². The minimum atomic E-state index is 0.401. The van der Waals surface area contributed by atoms with E-state index in [9.17, 15) is 0 Å². The highest BCUT2D eigenvalue weighted by atomic mass is 16.5. The van der Waals surface area contributed by atoms with Crippen molar-refractivity contribution in [1.82, 2.24) is 10.6 Å². The first kappa shape index (κ1) is 18.6. The highest BCUT2D eigenvalue weighted by Crippen LogP contribution is 2.23. The number of guanidine groups is 1. The summed E-state index contributed by atoms with van der Waals surface area (Å²) in [7, 11) is 3.50. The van der Waals surface area contributed by atoms with Crippen molar-refractivity contribution in [3.63, 3.8) is 0 Å². The number of aliphatic imine (C=N–C) groups is 1. The molecule has 0 aromatic heterocycles. The van der Waals surface area contributed by atoms with E-state index in [2.05, 4.69) is 39.9 Å². The van der Waals surface area contributed by atoms with Gasteiger partial charge >= 0.3 is 0 Å². The molecule has 0 amide bonds. The zero-order valence-corrected chi connectivity index (χ0v) is 15.0. The summed E-state index contributed by atoms with van der Waals surface area (Å²) in [4.78, 5) is 4.22. The molecule has 5 heteroatoms. The van der Waals surface area contributed by atoms with Gasteiger partial charge in [-0.15, -0.1) is 0 Å². The maximum absolute atomic E-state index is 6.06. The van der Waals surface area contributed by atoms with Gasteiger partial charge in [-0.1, -0.05) is 18.6 Å². The molecule has 1 aromatic carbocycles. The Morgan fingerprint density at radius 2 is 1.88 bits per heavy atom. The molecule has 1 aliphatic rings. The van der Waals surface area contributed by atoms with Gasteiger partial charge in [-0.3, -0.25) is 4.99 Å². The van der Waals surface area contributed by atoms with E-state index in [0.29, 0.717) is 6.10 Å². The quantitative estimate of drug-likeness (QED) is 0.436. The van der Waals surface area contributed by atoms with Gasteiger partial charge in [0.15, 0.2) is 5.96 Å². The molecule has 0 saturated heterocycles. The van der Waals surface area contributed by atoms with E-state index in [0.717, 1.165) is 37.8 Å². The van der Waals surface area contributed by atoms with E-state index in [1.807, 2.05) is 0 Å². The molecule has 2 rings (SSSR count). The third-order valence-corrected chi connectivity index (χ3v) is 4.28. The molecule has 0 heterocycles. The van der Waals surface area contributed by atoms with Gasteiger partial charge in [0, 0.05) is 33.9 Å². The first-order valence-electron chi connectivity index (χ1n) is 9.01. The second-order valence-corrected chi connectivity index (χ2v) is 6.22. The summed E-state index contributed by atoms with van der Waals surface area (Å²) in [6.45, 7) is 2.35. The molecule has 0 spiro atoms. The van der Waals surface area contributed by atoms with Crippen LogP contribution in [0.1, 0.15) is 44.1 Å². The Morgan fingerprint density at radius 3 is 2.54 bits per heavy atom. The standard InChI is InChI=1S/C19H31N3O2/c1-20-19(21-13-6-14-23-2)22-15-16-9-11-18(12-10-16)24-17-7-4-3-5-8-17/h9-12,17H,3-8,13-15H2,1-2H3,(H2,20,21,22). The third-order valence-electron chi connectivity index (χ3n) is 4.28. The van der Waals surface area contributed by atoms with Crippen LogP contribution >= 0.6 is 0 Å². The van der Waals surface area contributed by atoms with Gasteiger partial charge in [0.2, 0.25) is 0 Å². The molecule has 0 radical (unpaired) electrons. The lowest BCUT2D eigenvalue weighted by Crippen LogP contribution is -2.37. The highest BCUT2D eigenvalue weighted by molar-refractivity contribution is 5.79. The van der Waals surface area contributed by atoms with Crippen molar-refractivity contribution in [2.45, 2.75) is 51.2 Å². The summed E-state index contributed by atoms with van der Waals surface area (Å²) in [5, 5.41) is 6.59. The second kappa shape index (κ2) is 10.9. The van der Waals surface area contributed by atoms with Gasteiger partial charge in [-0.25, -0.2) is 0 Å². The summed E-state index contributed by atoms with van der Waals surface area (Å²) in [5.74, 6) is 1.79. The molecule has 1 aromatic rings. The minimum Gasteiger partial charge on any atom is -0.490 e. The molecule has 0 atom stereocenters. The molecule has 1 fully saturated rings. The van der Waals surface area contributed by atoms with Crippen LogP contribution in [0.5, 0.6) is 5.75 Å². The predicted octanol–water partition coefficient (Wildman–Crippen LogP) is 3.10. The molecule has 134 valence electrons. The van der Waals surface area contributed by atoms with Crippen LogP contribution in [0.3, 0.4) is 0 Å². The number of benzene rings is 1. The summed E-state index contributed by atoms with van der Waals surface area (Å²) in [6.07, 6.45) is 7.68. The number of nitrogens with zero attached hydrogens (tertiary/aromatic N) is 1. The van der Waals surface area contributed by atoms with Gasteiger partial charge in [0.05, 0.1) is 6.10 Å². The highest BCUT2D eigenvalue weighted by Gasteiger charge is 2.14. The fraction of sp³-hybridized carbons (Fsp3) is 0.632.